The molecule has 1 saturated heterocycles. The third-order valence-corrected chi connectivity index (χ3v) is 6.46. The number of amides is 1. The summed E-state index contributed by atoms with van der Waals surface area (Å²) >= 11 is 12.5. The van der Waals surface area contributed by atoms with Crippen LogP contribution in [-0.2, 0) is 15.0 Å². The van der Waals surface area contributed by atoms with E-state index in [9.17, 15) is 14.7 Å². The first kappa shape index (κ1) is 26.1. The van der Waals surface area contributed by atoms with E-state index in [0.29, 0.717) is 13.1 Å². The molecule has 8 heteroatoms. The van der Waals surface area contributed by atoms with Crippen LogP contribution in [0.5, 0.6) is 5.75 Å². The molecule has 1 amide bonds. The molecule has 1 atom stereocenters. The van der Waals surface area contributed by atoms with Crippen molar-refractivity contribution in [1.29, 1.82) is 0 Å². The number of carbonyl (C=O) groups excluding carboxylic acids is 2. The Morgan fingerprint density at radius 3 is 2.12 bits per heavy atom. The number of likely N-dealkylation sites (N-methyl/N-ethyl adjacent to an activating group) is 1. The highest BCUT2D eigenvalue weighted by molar-refractivity contribution is 6.46. The summed E-state index contributed by atoms with van der Waals surface area (Å²) in [5.74, 6) is -1.47. The minimum absolute atomic E-state index is 0.00423. The molecule has 0 aliphatic carbocycles. The minimum Gasteiger partial charge on any atom is -0.507 e. The van der Waals surface area contributed by atoms with Crippen molar-refractivity contribution in [3.8, 4) is 5.75 Å². The molecule has 1 heterocycles. The van der Waals surface area contributed by atoms with E-state index in [-0.39, 0.29) is 38.1 Å². The summed E-state index contributed by atoms with van der Waals surface area (Å²) < 4.78 is 5.18. The summed E-state index contributed by atoms with van der Waals surface area (Å²) in [7, 11) is 5.22. The van der Waals surface area contributed by atoms with E-state index in [2.05, 4.69) is 20.8 Å². The number of aliphatic hydroxyl groups excluding tert-OH is 1. The van der Waals surface area contributed by atoms with E-state index in [1.807, 2.05) is 43.3 Å². The Kier molecular flexibility index (Phi) is 7.65. The molecule has 1 unspecified atom stereocenters. The SMILES string of the molecule is COc1c(Cl)cc(/C(O)=C2\C(=O)C(=O)N(CCN(C)C)C2c2ccc(C(C)(C)C)cc2)cc1Cl. The maximum atomic E-state index is 13.2. The highest BCUT2D eigenvalue weighted by atomic mass is 35.5. The van der Waals surface area contributed by atoms with Gasteiger partial charge in [0.05, 0.1) is 28.8 Å². The van der Waals surface area contributed by atoms with Crippen molar-refractivity contribution in [3.63, 3.8) is 0 Å². The lowest BCUT2D eigenvalue weighted by atomic mass is 9.85. The van der Waals surface area contributed by atoms with E-state index < -0.39 is 17.7 Å². The van der Waals surface area contributed by atoms with Gasteiger partial charge < -0.3 is 19.6 Å². The predicted molar refractivity (Wildman–Crippen MR) is 136 cm³/mol. The van der Waals surface area contributed by atoms with Gasteiger partial charge in [-0.2, -0.15) is 0 Å². The number of likely N-dealkylation sites (tertiary alicyclic amines) is 1. The lowest BCUT2D eigenvalue weighted by Gasteiger charge is -2.27. The summed E-state index contributed by atoms with van der Waals surface area (Å²) in [4.78, 5) is 29.7. The number of hydrogen-bond donors (Lipinski definition) is 1. The van der Waals surface area contributed by atoms with Crippen LogP contribution in [0.4, 0.5) is 0 Å². The number of ether oxygens (including phenoxy) is 1. The molecule has 182 valence electrons. The average Bonchev–Trinajstić information content (AvgIpc) is 3.01. The molecule has 0 spiro atoms. The van der Waals surface area contributed by atoms with Crippen molar-refractivity contribution in [2.75, 3.05) is 34.3 Å². The molecule has 1 aliphatic rings. The number of carbonyl (C=O) groups is 2. The molecule has 0 saturated carbocycles. The third kappa shape index (κ3) is 5.09. The maximum absolute atomic E-state index is 13.2. The fraction of sp³-hybridized carbons (Fsp3) is 0.385. The smallest absolute Gasteiger partial charge is 0.295 e. The molecule has 1 aliphatic heterocycles. The summed E-state index contributed by atoms with van der Waals surface area (Å²) in [5, 5.41) is 11.6. The second kappa shape index (κ2) is 9.98. The van der Waals surface area contributed by atoms with Gasteiger partial charge in [-0.25, -0.2) is 0 Å². The standard InChI is InChI=1S/C26H30Cl2N2O4/c1-26(2,3)17-9-7-15(8-10-17)21-20(23(32)25(33)30(21)12-11-29(4)5)22(31)16-13-18(27)24(34-6)19(28)14-16/h7-10,13-14,21,31H,11-12H2,1-6H3/b22-20+. The lowest BCUT2D eigenvalue weighted by Crippen LogP contribution is -2.35. The molecule has 0 bridgehead atoms. The third-order valence-electron chi connectivity index (χ3n) is 5.90. The number of nitrogens with zero attached hydrogens (tertiary/aromatic N) is 2. The van der Waals surface area contributed by atoms with Crippen molar-refractivity contribution >= 4 is 40.7 Å². The van der Waals surface area contributed by atoms with Crippen LogP contribution < -0.4 is 4.74 Å². The summed E-state index contributed by atoms with van der Waals surface area (Å²) in [6, 6.07) is 9.98. The Balaban J connectivity index is 2.18. The minimum atomic E-state index is -0.746. The largest absolute Gasteiger partial charge is 0.507 e. The van der Waals surface area contributed by atoms with Crippen molar-refractivity contribution in [2.24, 2.45) is 0 Å². The van der Waals surface area contributed by atoms with Crippen LogP contribution in [0.1, 0.15) is 43.5 Å². The van der Waals surface area contributed by atoms with Crippen molar-refractivity contribution in [3.05, 3.63) is 68.7 Å². The Morgan fingerprint density at radius 1 is 1.09 bits per heavy atom. The van der Waals surface area contributed by atoms with Gasteiger partial charge in [-0.05, 0) is 42.8 Å². The van der Waals surface area contributed by atoms with E-state index in [4.69, 9.17) is 27.9 Å². The van der Waals surface area contributed by atoms with E-state index in [0.717, 1.165) is 11.1 Å². The zero-order valence-corrected chi connectivity index (χ0v) is 21.8. The van der Waals surface area contributed by atoms with E-state index in [1.54, 1.807) is 0 Å². The van der Waals surface area contributed by atoms with Gasteiger partial charge >= 0.3 is 0 Å². The van der Waals surface area contributed by atoms with Gasteiger partial charge in [0.2, 0.25) is 0 Å². The fourth-order valence-electron chi connectivity index (χ4n) is 3.98. The Hall–Kier alpha value is -2.54. The van der Waals surface area contributed by atoms with Crippen molar-refractivity contribution in [1.82, 2.24) is 9.80 Å². The second-order valence-electron chi connectivity index (χ2n) is 9.64. The van der Waals surface area contributed by atoms with Gasteiger partial charge in [0.15, 0.2) is 5.75 Å². The second-order valence-corrected chi connectivity index (χ2v) is 10.5. The summed E-state index contributed by atoms with van der Waals surface area (Å²) in [6.45, 7) is 7.22. The molecule has 0 aromatic heterocycles. The molecule has 34 heavy (non-hydrogen) atoms. The lowest BCUT2D eigenvalue weighted by molar-refractivity contribution is -0.140. The average molecular weight is 505 g/mol. The molecular weight excluding hydrogens is 475 g/mol. The maximum Gasteiger partial charge on any atom is 0.295 e. The van der Waals surface area contributed by atoms with Crippen LogP contribution in [0.25, 0.3) is 5.76 Å². The quantitative estimate of drug-likeness (QED) is 0.329. The van der Waals surface area contributed by atoms with Gasteiger partial charge in [-0.1, -0.05) is 68.2 Å². The molecule has 1 N–H and O–H groups in total. The molecule has 6 nitrogen and oxygen atoms in total. The normalized spacial score (nSPS) is 18.1. The van der Waals surface area contributed by atoms with Crippen molar-refractivity contribution in [2.45, 2.75) is 32.2 Å². The van der Waals surface area contributed by atoms with Gasteiger partial charge in [-0.3, -0.25) is 9.59 Å². The zero-order chi connectivity index (χ0) is 25.4. The topological polar surface area (TPSA) is 70.1 Å². The monoisotopic (exact) mass is 504 g/mol. The van der Waals surface area contributed by atoms with Gasteiger partial charge in [-0.15, -0.1) is 0 Å². The number of aliphatic hydroxyl groups is 1. The number of ketones is 1. The number of methoxy groups -OCH3 is 1. The van der Waals surface area contributed by atoms with Crippen LogP contribution in [0.2, 0.25) is 10.0 Å². The Labute approximate surface area is 210 Å². The van der Waals surface area contributed by atoms with Gasteiger partial charge in [0, 0.05) is 18.7 Å². The number of hydrogen-bond acceptors (Lipinski definition) is 5. The zero-order valence-electron chi connectivity index (χ0n) is 20.3. The van der Waals surface area contributed by atoms with Crippen LogP contribution in [0.15, 0.2) is 42.0 Å². The molecular formula is C26H30Cl2N2O4. The predicted octanol–water partition coefficient (Wildman–Crippen LogP) is 5.28. The number of rotatable bonds is 6. The molecule has 0 radical (unpaired) electrons. The molecule has 2 aromatic rings. The number of benzene rings is 2. The van der Waals surface area contributed by atoms with Crippen LogP contribution in [0, 0.1) is 0 Å². The Bertz CT molecular complexity index is 1110. The molecule has 3 rings (SSSR count). The summed E-state index contributed by atoms with van der Waals surface area (Å²) in [6.07, 6.45) is 0. The van der Waals surface area contributed by atoms with Crippen LogP contribution in [0.3, 0.4) is 0 Å². The van der Waals surface area contributed by atoms with Gasteiger partial charge in [0.1, 0.15) is 5.76 Å². The van der Waals surface area contributed by atoms with Crippen molar-refractivity contribution < 1.29 is 19.4 Å². The number of Topliss-reactive ketones (excluding diaryl/α,β-unsaturated/α-hetero) is 1. The fourth-order valence-corrected chi connectivity index (χ4v) is 4.62. The Morgan fingerprint density at radius 2 is 1.65 bits per heavy atom. The van der Waals surface area contributed by atoms with Crippen LogP contribution >= 0.6 is 23.2 Å². The summed E-state index contributed by atoms with van der Waals surface area (Å²) in [5.41, 5.74) is 2.04. The first-order chi connectivity index (χ1) is 15.9. The van der Waals surface area contributed by atoms with Crippen LogP contribution in [-0.4, -0.2) is 60.9 Å². The first-order valence-electron chi connectivity index (χ1n) is 10.9. The number of halogens is 2. The molecule has 2 aromatic carbocycles. The van der Waals surface area contributed by atoms with E-state index >= 15 is 0 Å². The van der Waals surface area contributed by atoms with Gasteiger partial charge in [0.25, 0.3) is 11.7 Å². The molecule has 1 fully saturated rings. The highest BCUT2D eigenvalue weighted by Crippen LogP contribution is 2.42. The van der Waals surface area contributed by atoms with E-state index in [1.165, 1.54) is 24.1 Å². The first-order valence-corrected chi connectivity index (χ1v) is 11.7. The highest BCUT2D eigenvalue weighted by Gasteiger charge is 2.46.